The van der Waals surface area contributed by atoms with Crippen LogP contribution in [0, 0.1) is 5.92 Å². The quantitative estimate of drug-likeness (QED) is 0.522. The van der Waals surface area contributed by atoms with Crippen LogP contribution in [0.2, 0.25) is 0 Å². The molecule has 0 spiro atoms. The number of hydrogen-bond donors (Lipinski definition) is 3. The molecular formula is C8H13NO6. The summed E-state index contributed by atoms with van der Waals surface area (Å²) in [6, 6.07) is -1.04. The molecule has 0 aliphatic carbocycles. The van der Waals surface area contributed by atoms with Crippen molar-refractivity contribution in [3.63, 3.8) is 0 Å². The molecule has 0 aromatic carbocycles. The molecule has 0 aliphatic rings. The largest absolute Gasteiger partial charge is 0.481 e. The molecule has 0 rings (SSSR count). The first-order valence-electron chi connectivity index (χ1n) is 4.25. The molecule has 7 heteroatoms. The first-order valence-corrected chi connectivity index (χ1v) is 4.25. The predicted molar refractivity (Wildman–Crippen MR) is 47.7 cm³/mol. The van der Waals surface area contributed by atoms with Crippen molar-refractivity contribution in [1.82, 2.24) is 5.48 Å². The predicted octanol–water partition coefficient (Wildman–Crippen LogP) is -0.382. The third-order valence-corrected chi connectivity index (χ3v) is 1.59. The maximum atomic E-state index is 11.1. The van der Waals surface area contributed by atoms with Gasteiger partial charge in [0.2, 0.25) is 0 Å². The highest BCUT2D eigenvalue weighted by Crippen LogP contribution is 2.03. The first-order chi connectivity index (χ1) is 6.84. The second-order valence-electron chi connectivity index (χ2n) is 3.10. The van der Waals surface area contributed by atoms with Crippen LogP contribution in [-0.2, 0) is 19.2 Å². The Bertz CT molecular complexity index is 264. The SMILES string of the molecule is CC(CC(=O)O)C(=O)ON[C@@H](C)C(=O)O. The molecule has 2 atom stereocenters. The van der Waals surface area contributed by atoms with Gasteiger partial charge in [0, 0.05) is 0 Å². The van der Waals surface area contributed by atoms with E-state index in [1.165, 1.54) is 13.8 Å². The number of carbonyl (C=O) groups is 3. The van der Waals surface area contributed by atoms with Gasteiger partial charge in [0.25, 0.3) is 0 Å². The molecule has 0 aromatic rings. The number of hydroxylamine groups is 1. The summed E-state index contributed by atoms with van der Waals surface area (Å²) in [5, 5.41) is 16.8. The van der Waals surface area contributed by atoms with Gasteiger partial charge in [-0.25, -0.2) is 0 Å². The molecule has 15 heavy (non-hydrogen) atoms. The number of hydrogen-bond acceptors (Lipinski definition) is 5. The van der Waals surface area contributed by atoms with E-state index in [4.69, 9.17) is 10.2 Å². The highest BCUT2D eigenvalue weighted by molar-refractivity contribution is 5.79. The summed E-state index contributed by atoms with van der Waals surface area (Å²) in [7, 11) is 0. The van der Waals surface area contributed by atoms with Crippen LogP contribution in [-0.4, -0.2) is 34.2 Å². The highest BCUT2D eigenvalue weighted by atomic mass is 16.7. The molecule has 0 fully saturated rings. The summed E-state index contributed by atoms with van der Waals surface area (Å²) >= 11 is 0. The minimum atomic E-state index is -1.17. The summed E-state index contributed by atoms with van der Waals surface area (Å²) < 4.78 is 0. The van der Waals surface area contributed by atoms with Crippen molar-refractivity contribution in [2.45, 2.75) is 26.3 Å². The average molecular weight is 219 g/mol. The summed E-state index contributed by atoms with van der Waals surface area (Å²) in [6.45, 7) is 2.67. The Morgan fingerprint density at radius 3 is 2.20 bits per heavy atom. The molecule has 1 unspecified atom stereocenters. The molecule has 0 saturated carbocycles. The summed E-state index contributed by atoms with van der Waals surface area (Å²) in [6.07, 6.45) is -0.359. The van der Waals surface area contributed by atoms with E-state index in [2.05, 4.69) is 4.84 Å². The van der Waals surface area contributed by atoms with Crippen molar-refractivity contribution >= 4 is 17.9 Å². The molecule has 0 amide bonds. The fourth-order valence-corrected chi connectivity index (χ4v) is 0.643. The van der Waals surface area contributed by atoms with Gasteiger partial charge >= 0.3 is 17.9 Å². The lowest BCUT2D eigenvalue weighted by Crippen LogP contribution is -2.37. The number of rotatable bonds is 6. The number of carboxylic acid groups (broad SMARTS) is 2. The van der Waals surface area contributed by atoms with E-state index in [1.807, 2.05) is 5.48 Å². The summed E-state index contributed by atoms with van der Waals surface area (Å²) in [5.74, 6) is -3.92. The van der Waals surface area contributed by atoms with E-state index in [9.17, 15) is 14.4 Å². The minimum absolute atomic E-state index is 0.359. The van der Waals surface area contributed by atoms with Crippen LogP contribution < -0.4 is 5.48 Å². The second kappa shape index (κ2) is 5.97. The zero-order valence-corrected chi connectivity index (χ0v) is 8.39. The van der Waals surface area contributed by atoms with Gasteiger partial charge in [0.15, 0.2) is 0 Å². The third-order valence-electron chi connectivity index (χ3n) is 1.59. The van der Waals surface area contributed by atoms with E-state index >= 15 is 0 Å². The average Bonchev–Trinajstić information content (AvgIpc) is 2.12. The number of nitrogens with one attached hydrogen (secondary N) is 1. The number of carboxylic acids is 2. The lowest BCUT2D eigenvalue weighted by Gasteiger charge is -2.11. The molecule has 3 N–H and O–H groups in total. The molecule has 86 valence electrons. The van der Waals surface area contributed by atoms with Gasteiger partial charge in [0.1, 0.15) is 6.04 Å². The van der Waals surface area contributed by atoms with Gasteiger partial charge in [-0.2, -0.15) is 0 Å². The van der Waals surface area contributed by atoms with Crippen LogP contribution in [0.5, 0.6) is 0 Å². The van der Waals surface area contributed by atoms with Crippen molar-refractivity contribution in [1.29, 1.82) is 0 Å². The molecule has 0 heterocycles. The Hall–Kier alpha value is -1.63. The van der Waals surface area contributed by atoms with E-state index in [0.717, 1.165) is 0 Å². The maximum absolute atomic E-state index is 11.1. The summed E-state index contributed by atoms with van der Waals surface area (Å²) in [5.41, 5.74) is 1.99. The van der Waals surface area contributed by atoms with Gasteiger partial charge in [-0.1, -0.05) is 6.92 Å². The van der Waals surface area contributed by atoms with Gasteiger partial charge < -0.3 is 15.1 Å². The van der Waals surface area contributed by atoms with E-state index in [1.54, 1.807) is 0 Å². The second-order valence-corrected chi connectivity index (χ2v) is 3.10. The molecule has 0 saturated heterocycles. The van der Waals surface area contributed by atoms with Gasteiger partial charge in [-0.05, 0) is 6.92 Å². The van der Waals surface area contributed by atoms with Crippen LogP contribution in [0.15, 0.2) is 0 Å². The van der Waals surface area contributed by atoms with Gasteiger partial charge in [-0.3, -0.25) is 14.4 Å². The molecule has 0 radical (unpaired) electrons. The Kier molecular flexibility index (Phi) is 5.32. The Balaban J connectivity index is 3.93. The molecule has 0 aromatic heterocycles. The van der Waals surface area contributed by atoms with Crippen LogP contribution in [0.3, 0.4) is 0 Å². The van der Waals surface area contributed by atoms with Crippen molar-refractivity contribution in [2.24, 2.45) is 5.92 Å². The normalized spacial score (nSPS) is 14.0. The summed E-state index contributed by atoms with van der Waals surface area (Å²) in [4.78, 5) is 36.0. The Morgan fingerprint density at radius 2 is 1.80 bits per heavy atom. The van der Waals surface area contributed by atoms with Crippen LogP contribution in [0.1, 0.15) is 20.3 Å². The Labute approximate surface area is 86.0 Å². The first kappa shape index (κ1) is 13.4. The number of aliphatic carboxylic acids is 2. The fourth-order valence-electron chi connectivity index (χ4n) is 0.643. The lowest BCUT2D eigenvalue weighted by molar-refractivity contribution is -0.163. The Morgan fingerprint density at radius 1 is 1.27 bits per heavy atom. The van der Waals surface area contributed by atoms with Crippen LogP contribution >= 0.6 is 0 Å². The zero-order chi connectivity index (χ0) is 12.0. The highest BCUT2D eigenvalue weighted by Gasteiger charge is 2.20. The zero-order valence-electron chi connectivity index (χ0n) is 8.39. The molecule has 7 nitrogen and oxygen atoms in total. The molecular weight excluding hydrogens is 206 g/mol. The van der Waals surface area contributed by atoms with Crippen molar-refractivity contribution in [3.8, 4) is 0 Å². The molecule has 0 bridgehead atoms. The van der Waals surface area contributed by atoms with Crippen molar-refractivity contribution in [2.75, 3.05) is 0 Å². The standard InChI is InChI=1S/C8H13NO6/c1-4(3-6(10)11)8(14)15-9-5(2)7(12)13/h4-5,9H,3H2,1-2H3,(H,10,11)(H,12,13)/t4?,5-/m0/s1. The third kappa shape index (κ3) is 5.63. The van der Waals surface area contributed by atoms with Gasteiger partial charge in [0.05, 0.1) is 12.3 Å². The monoisotopic (exact) mass is 219 g/mol. The topological polar surface area (TPSA) is 113 Å². The van der Waals surface area contributed by atoms with E-state index in [0.29, 0.717) is 0 Å². The van der Waals surface area contributed by atoms with E-state index < -0.39 is 29.9 Å². The van der Waals surface area contributed by atoms with Gasteiger partial charge in [-0.15, -0.1) is 5.48 Å². The van der Waals surface area contributed by atoms with Crippen molar-refractivity contribution in [3.05, 3.63) is 0 Å². The fraction of sp³-hybridized carbons (Fsp3) is 0.625. The van der Waals surface area contributed by atoms with Crippen molar-refractivity contribution < 1.29 is 29.4 Å². The van der Waals surface area contributed by atoms with E-state index in [-0.39, 0.29) is 6.42 Å². The minimum Gasteiger partial charge on any atom is -0.481 e. The van der Waals surface area contributed by atoms with Crippen LogP contribution in [0.25, 0.3) is 0 Å². The maximum Gasteiger partial charge on any atom is 0.328 e. The van der Waals surface area contributed by atoms with Crippen LogP contribution in [0.4, 0.5) is 0 Å². The molecule has 0 aliphatic heterocycles. The lowest BCUT2D eigenvalue weighted by atomic mass is 10.1. The number of carbonyl (C=O) groups excluding carboxylic acids is 1. The smallest absolute Gasteiger partial charge is 0.328 e.